The third-order valence-corrected chi connectivity index (χ3v) is 2.90. The molecule has 0 aliphatic rings. The normalized spacial score (nSPS) is 10.4. The summed E-state index contributed by atoms with van der Waals surface area (Å²) in [5, 5.41) is 0.771. The van der Waals surface area contributed by atoms with Crippen LogP contribution in [0.2, 0.25) is 0 Å². The van der Waals surface area contributed by atoms with Crippen LogP contribution < -0.4 is 10.5 Å². The summed E-state index contributed by atoms with van der Waals surface area (Å²) in [7, 11) is 3.33. The van der Waals surface area contributed by atoms with E-state index in [4.69, 9.17) is 15.2 Å². The molecule has 0 radical (unpaired) electrons. The molecule has 3 nitrogen and oxygen atoms in total. The molecule has 0 saturated heterocycles. The van der Waals surface area contributed by atoms with Crippen molar-refractivity contribution < 1.29 is 9.47 Å². The second kappa shape index (κ2) is 6.10. The van der Waals surface area contributed by atoms with Crippen LogP contribution >= 0.6 is 15.9 Å². The number of hydrogen-bond donors (Lipinski definition) is 1. The number of halogens is 1. The van der Waals surface area contributed by atoms with Gasteiger partial charge in [-0.2, -0.15) is 0 Å². The zero-order valence-electron chi connectivity index (χ0n) is 9.05. The molecule has 1 aromatic carbocycles. The monoisotopic (exact) mass is 273 g/mol. The first-order valence-electron chi connectivity index (χ1n) is 4.70. The minimum Gasteiger partial charge on any atom is -0.497 e. The van der Waals surface area contributed by atoms with Crippen molar-refractivity contribution in [3.05, 3.63) is 28.8 Å². The zero-order chi connectivity index (χ0) is 11.3. The molecule has 0 amide bonds. The molecule has 15 heavy (non-hydrogen) atoms. The van der Waals surface area contributed by atoms with Crippen LogP contribution in [0.15, 0.2) is 12.1 Å². The van der Waals surface area contributed by atoms with Crippen molar-refractivity contribution in [1.82, 2.24) is 0 Å². The van der Waals surface area contributed by atoms with E-state index in [0.717, 1.165) is 27.8 Å². The maximum Gasteiger partial charge on any atom is 0.119 e. The van der Waals surface area contributed by atoms with Gasteiger partial charge < -0.3 is 15.2 Å². The molecule has 0 bridgehead atoms. The highest BCUT2D eigenvalue weighted by molar-refractivity contribution is 9.08. The Morgan fingerprint density at radius 2 is 1.93 bits per heavy atom. The van der Waals surface area contributed by atoms with Crippen LogP contribution in [0.4, 0.5) is 0 Å². The van der Waals surface area contributed by atoms with Gasteiger partial charge in [-0.3, -0.25) is 0 Å². The summed E-state index contributed by atoms with van der Waals surface area (Å²) in [6.07, 6.45) is 0. The average Bonchev–Trinajstić information content (AvgIpc) is 2.28. The van der Waals surface area contributed by atoms with Gasteiger partial charge in [0.1, 0.15) is 5.75 Å². The van der Waals surface area contributed by atoms with Crippen molar-refractivity contribution in [2.75, 3.05) is 14.2 Å². The zero-order valence-corrected chi connectivity index (χ0v) is 10.6. The van der Waals surface area contributed by atoms with Crippen molar-refractivity contribution >= 4 is 15.9 Å². The van der Waals surface area contributed by atoms with Gasteiger partial charge >= 0.3 is 0 Å². The number of nitrogens with two attached hydrogens (primary N) is 1. The number of hydrogen-bond acceptors (Lipinski definition) is 3. The predicted octanol–water partition coefficient (Wildman–Crippen LogP) is 2.20. The molecule has 0 unspecified atom stereocenters. The van der Waals surface area contributed by atoms with Crippen LogP contribution in [0.3, 0.4) is 0 Å². The SMILES string of the molecule is COCc1cc(OC)cc(CBr)c1CN. The molecule has 0 atom stereocenters. The molecule has 0 aliphatic carbocycles. The van der Waals surface area contributed by atoms with Gasteiger partial charge in [-0.1, -0.05) is 15.9 Å². The van der Waals surface area contributed by atoms with E-state index in [2.05, 4.69) is 15.9 Å². The largest absolute Gasteiger partial charge is 0.497 e. The molecule has 1 aromatic rings. The smallest absolute Gasteiger partial charge is 0.119 e. The molecular weight excluding hydrogens is 258 g/mol. The maximum absolute atomic E-state index is 5.73. The Kier molecular flexibility index (Phi) is 5.08. The number of ether oxygens (including phenoxy) is 2. The van der Waals surface area contributed by atoms with E-state index in [1.165, 1.54) is 0 Å². The van der Waals surface area contributed by atoms with Gasteiger partial charge in [0.05, 0.1) is 13.7 Å². The van der Waals surface area contributed by atoms with E-state index in [1.54, 1.807) is 14.2 Å². The quantitative estimate of drug-likeness (QED) is 0.837. The molecule has 1 rings (SSSR count). The lowest BCUT2D eigenvalue weighted by molar-refractivity contribution is 0.184. The number of methoxy groups -OCH3 is 2. The lowest BCUT2D eigenvalue weighted by Gasteiger charge is -2.13. The molecule has 84 valence electrons. The van der Waals surface area contributed by atoms with E-state index >= 15 is 0 Å². The third-order valence-electron chi connectivity index (χ3n) is 2.29. The third kappa shape index (κ3) is 2.93. The summed E-state index contributed by atoms with van der Waals surface area (Å²) in [6, 6.07) is 3.97. The fraction of sp³-hybridized carbons (Fsp3) is 0.455. The first-order chi connectivity index (χ1) is 7.26. The first-order valence-corrected chi connectivity index (χ1v) is 5.82. The Hall–Kier alpha value is -0.580. The Morgan fingerprint density at radius 3 is 2.40 bits per heavy atom. The van der Waals surface area contributed by atoms with Crippen LogP contribution in [0, 0.1) is 0 Å². The molecule has 0 aliphatic heterocycles. The van der Waals surface area contributed by atoms with Gasteiger partial charge in [0, 0.05) is 19.0 Å². The Balaban J connectivity index is 3.19. The highest BCUT2D eigenvalue weighted by Crippen LogP contribution is 2.24. The van der Waals surface area contributed by atoms with Crippen LogP contribution in [0.25, 0.3) is 0 Å². The van der Waals surface area contributed by atoms with Crippen molar-refractivity contribution in [2.45, 2.75) is 18.5 Å². The van der Waals surface area contributed by atoms with E-state index in [1.807, 2.05) is 12.1 Å². The molecule has 2 N–H and O–H groups in total. The molecule has 0 spiro atoms. The van der Waals surface area contributed by atoms with Crippen molar-refractivity contribution in [1.29, 1.82) is 0 Å². The second-order valence-electron chi connectivity index (χ2n) is 3.19. The summed E-state index contributed by atoms with van der Waals surface area (Å²) >= 11 is 3.45. The minimum atomic E-state index is 0.517. The lowest BCUT2D eigenvalue weighted by Crippen LogP contribution is -2.06. The van der Waals surface area contributed by atoms with Gasteiger partial charge in [-0.15, -0.1) is 0 Å². The number of benzene rings is 1. The Bertz CT molecular complexity index is 329. The van der Waals surface area contributed by atoms with Crippen molar-refractivity contribution in [2.24, 2.45) is 5.73 Å². The van der Waals surface area contributed by atoms with Crippen LogP contribution in [0.5, 0.6) is 5.75 Å². The van der Waals surface area contributed by atoms with Gasteiger partial charge in [0.2, 0.25) is 0 Å². The summed E-state index contributed by atoms with van der Waals surface area (Å²) in [5.74, 6) is 0.841. The van der Waals surface area contributed by atoms with E-state index in [9.17, 15) is 0 Å². The highest BCUT2D eigenvalue weighted by Gasteiger charge is 2.09. The van der Waals surface area contributed by atoms with E-state index in [-0.39, 0.29) is 0 Å². The van der Waals surface area contributed by atoms with E-state index < -0.39 is 0 Å². The summed E-state index contributed by atoms with van der Waals surface area (Å²) < 4.78 is 10.4. The van der Waals surface area contributed by atoms with Crippen LogP contribution in [-0.2, 0) is 23.2 Å². The van der Waals surface area contributed by atoms with Crippen molar-refractivity contribution in [3.63, 3.8) is 0 Å². The first kappa shape index (κ1) is 12.5. The van der Waals surface area contributed by atoms with Gasteiger partial charge in [0.15, 0.2) is 0 Å². The van der Waals surface area contributed by atoms with Crippen molar-refractivity contribution in [3.8, 4) is 5.75 Å². The topological polar surface area (TPSA) is 44.5 Å². The lowest BCUT2D eigenvalue weighted by atomic mass is 10.0. The minimum absolute atomic E-state index is 0.517. The van der Waals surface area contributed by atoms with E-state index in [0.29, 0.717) is 13.2 Å². The molecule has 0 saturated carbocycles. The molecular formula is C11H16BrNO2. The summed E-state index contributed by atoms with van der Waals surface area (Å²) in [4.78, 5) is 0. The fourth-order valence-electron chi connectivity index (χ4n) is 1.55. The second-order valence-corrected chi connectivity index (χ2v) is 3.76. The Morgan fingerprint density at radius 1 is 1.27 bits per heavy atom. The molecule has 0 heterocycles. The standard InChI is InChI=1S/C11H16BrNO2/c1-14-7-9-4-10(15-2)3-8(5-12)11(9)6-13/h3-4H,5-7,13H2,1-2H3. The number of rotatable bonds is 5. The predicted molar refractivity (Wildman–Crippen MR) is 64.2 cm³/mol. The number of alkyl halides is 1. The van der Waals surface area contributed by atoms with Crippen LogP contribution in [0.1, 0.15) is 16.7 Å². The molecule has 4 heteroatoms. The Labute approximate surface area is 98.7 Å². The summed E-state index contributed by atoms with van der Waals surface area (Å²) in [5.41, 5.74) is 9.11. The summed E-state index contributed by atoms with van der Waals surface area (Å²) in [6.45, 7) is 1.08. The fourth-order valence-corrected chi connectivity index (χ4v) is 2.05. The highest BCUT2D eigenvalue weighted by atomic mass is 79.9. The molecule has 0 aromatic heterocycles. The van der Waals surface area contributed by atoms with Gasteiger partial charge in [0.25, 0.3) is 0 Å². The molecule has 0 fully saturated rings. The average molecular weight is 274 g/mol. The van der Waals surface area contributed by atoms with Gasteiger partial charge in [-0.05, 0) is 28.8 Å². The van der Waals surface area contributed by atoms with Crippen LogP contribution in [-0.4, -0.2) is 14.2 Å². The van der Waals surface area contributed by atoms with Gasteiger partial charge in [-0.25, -0.2) is 0 Å². The maximum atomic E-state index is 5.73.